The van der Waals surface area contributed by atoms with E-state index in [0.717, 1.165) is 11.1 Å². The number of aliphatic hydroxyl groups is 1. The summed E-state index contributed by atoms with van der Waals surface area (Å²) in [4.78, 5) is 12.3. The SMILES string of the molecule is O=C(NCc1ccc(CO)cc1)c1sccc1Cl. The number of nitrogens with one attached hydrogen (secondary N) is 1. The molecule has 18 heavy (non-hydrogen) atoms. The van der Waals surface area contributed by atoms with E-state index in [4.69, 9.17) is 16.7 Å². The van der Waals surface area contributed by atoms with Crippen LogP contribution in [0, 0.1) is 0 Å². The number of carbonyl (C=O) groups is 1. The molecule has 1 aromatic heterocycles. The van der Waals surface area contributed by atoms with Crippen LogP contribution in [0.15, 0.2) is 35.7 Å². The molecule has 3 nitrogen and oxygen atoms in total. The van der Waals surface area contributed by atoms with Crippen molar-refractivity contribution in [2.45, 2.75) is 13.2 Å². The first-order valence-corrected chi connectivity index (χ1v) is 6.66. The average molecular weight is 282 g/mol. The molecule has 1 amide bonds. The monoisotopic (exact) mass is 281 g/mol. The van der Waals surface area contributed by atoms with E-state index in [0.29, 0.717) is 16.4 Å². The molecule has 0 aliphatic heterocycles. The van der Waals surface area contributed by atoms with E-state index in [9.17, 15) is 4.79 Å². The number of carbonyl (C=O) groups excluding carboxylic acids is 1. The molecular weight excluding hydrogens is 270 g/mol. The lowest BCUT2D eigenvalue weighted by atomic mass is 10.1. The first-order chi connectivity index (χ1) is 8.70. The second-order valence-corrected chi connectivity index (χ2v) is 5.08. The molecule has 2 rings (SSSR count). The Hall–Kier alpha value is -1.36. The van der Waals surface area contributed by atoms with Gasteiger partial charge in [-0.05, 0) is 22.6 Å². The fourth-order valence-corrected chi connectivity index (χ4v) is 2.54. The Bertz CT molecular complexity index is 536. The molecule has 0 bridgehead atoms. The summed E-state index contributed by atoms with van der Waals surface area (Å²) in [5, 5.41) is 14.0. The number of benzene rings is 1. The third kappa shape index (κ3) is 3.10. The van der Waals surface area contributed by atoms with Crippen LogP contribution in [0.4, 0.5) is 0 Å². The molecule has 0 radical (unpaired) electrons. The Labute approximate surface area is 114 Å². The topological polar surface area (TPSA) is 49.3 Å². The third-order valence-corrected chi connectivity index (χ3v) is 3.82. The first-order valence-electron chi connectivity index (χ1n) is 5.40. The highest BCUT2D eigenvalue weighted by molar-refractivity contribution is 7.12. The largest absolute Gasteiger partial charge is 0.392 e. The Balaban J connectivity index is 1.95. The van der Waals surface area contributed by atoms with Gasteiger partial charge in [-0.1, -0.05) is 35.9 Å². The minimum Gasteiger partial charge on any atom is -0.392 e. The number of hydrogen-bond acceptors (Lipinski definition) is 3. The van der Waals surface area contributed by atoms with E-state index in [1.165, 1.54) is 11.3 Å². The molecule has 0 unspecified atom stereocenters. The third-order valence-electron chi connectivity index (χ3n) is 2.48. The smallest absolute Gasteiger partial charge is 0.263 e. The van der Waals surface area contributed by atoms with E-state index in [2.05, 4.69) is 5.32 Å². The molecule has 0 spiro atoms. The van der Waals surface area contributed by atoms with Crippen molar-refractivity contribution in [2.24, 2.45) is 0 Å². The van der Waals surface area contributed by atoms with Crippen molar-refractivity contribution in [2.75, 3.05) is 0 Å². The number of hydrogen-bond donors (Lipinski definition) is 2. The maximum absolute atomic E-state index is 11.8. The van der Waals surface area contributed by atoms with Gasteiger partial charge in [0, 0.05) is 6.54 Å². The molecule has 2 N–H and O–H groups in total. The summed E-state index contributed by atoms with van der Waals surface area (Å²) in [7, 11) is 0. The number of thiophene rings is 1. The second kappa shape index (κ2) is 6.00. The molecule has 1 aromatic carbocycles. The van der Waals surface area contributed by atoms with Gasteiger partial charge >= 0.3 is 0 Å². The Morgan fingerprint density at radius 3 is 2.44 bits per heavy atom. The fraction of sp³-hybridized carbons (Fsp3) is 0.154. The molecule has 1 heterocycles. The number of halogens is 1. The van der Waals surface area contributed by atoms with Gasteiger partial charge in [0.1, 0.15) is 4.88 Å². The molecule has 0 aliphatic carbocycles. The van der Waals surface area contributed by atoms with Crippen LogP contribution in [0.5, 0.6) is 0 Å². The van der Waals surface area contributed by atoms with Crippen LogP contribution in [0.2, 0.25) is 5.02 Å². The standard InChI is InChI=1S/C13H12ClNO2S/c14-11-5-6-18-12(11)13(17)15-7-9-1-3-10(8-16)4-2-9/h1-6,16H,7-8H2,(H,15,17). The molecule has 94 valence electrons. The lowest BCUT2D eigenvalue weighted by molar-refractivity contribution is 0.0955. The van der Waals surface area contributed by atoms with E-state index in [1.54, 1.807) is 11.4 Å². The quantitative estimate of drug-likeness (QED) is 0.905. The second-order valence-electron chi connectivity index (χ2n) is 3.75. The molecule has 5 heteroatoms. The predicted octanol–water partition coefficient (Wildman–Crippen LogP) is 2.82. The zero-order chi connectivity index (χ0) is 13.0. The molecule has 0 saturated heterocycles. The number of aliphatic hydroxyl groups excluding tert-OH is 1. The highest BCUT2D eigenvalue weighted by Crippen LogP contribution is 2.21. The van der Waals surface area contributed by atoms with Crippen molar-refractivity contribution >= 4 is 28.8 Å². The van der Waals surface area contributed by atoms with Gasteiger partial charge in [-0.3, -0.25) is 4.79 Å². The Morgan fingerprint density at radius 1 is 1.22 bits per heavy atom. The van der Waals surface area contributed by atoms with Crippen LogP contribution in [0.1, 0.15) is 20.8 Å². The molecule has 0 atom stereocenters. The van der Waals surface area contributed by atoms with E-state index < -0.39 is 0 Å². The van der Waals surface area contributed by atoms with Gasteiger partial charge in [-0.15, -0.1) is 11.3 Å². The molecule has 0 saturated carbocycles. The number of rotatable bonds is 4. The van der Waals surface area contributed by atoms with E-state index >= 15 is 0 Å². The fourth-order valence-electron chi connectivity index (χ4n) is 1.48. The van der Waals surface area contributed by atoms with E-state index in [-0.39, 0.29) is 12.5 Å². The summed E-state index contributed by atoms with van der Waals surface area (Å²) in [6.45, 7) is 0.468. The Morgan fingerprint density at radius 2 is 1.89 bits per heavy atom. The van der Waals surface area contributed by atoms with Gasteiger partial charge in [-0.25, -0.2) is 0 Å². The van der Waals surface area contributed by atoms with Crippen molar-refractivity contribution < 1.29 is 9.90 Å². The van der Waals surface area contributed by atoms with Gasteiger partial charge in [-0.2, -0.15) is 0 Å². The minimum atomic E-state index is -0.166. The van der Waals surface area contributed by atoms with Crippen molar-refractivity contribution in [3.05, 3.63) is 56.7 Å². The van der Waals surface area contributed by atoms with Crippen LogP contribution in [0.3, 0.4) is 0 Å². The molecule has 0 aliphatic rings. The van der Waals surface area contributed by atoms with Gasteiger partial charge in [0.15, 0.2) is 0 Å². The zero-order valence-corrected chi connectivity index (χ0v) is 11.1. The van der Waals surface area contributed by atoms with Gasteiger partial charge in [0.25, 0.3) is 5.91 Å². The normalized spacial score (nSPS) is 10.3. The summed E-state index contributed by atoms with van der Waals surface area (Å²) in [5.41, 5.74) is 1.83. The van der Waals surface area contributed by atoms with Crippen LogP contribution < -0.4 is 5.32 Å². The van der Waals surface area contributed by atoms with Crippen molar-refractivity contribution in [1.29, 1.82) is 0 Å². The molecular formula is C13H12ClNO2S. The number of amides is 1. The lowest BCUT2D eigenvalue weighted by Crippen LogP contribution is -2.22. The van der Waals surface area contributed by atoms with Gasteiger partial charge in [0.05, 0.1) is 11.6 Å². The predicted molar refractivity (Wildman–Crippen MR) is 72.9 cm³/mol. The summed E-state index contributed by atoms with van der Waals surface area (Å²) in [6, 6.07) is 9.13. The lowest BCUT2D eigenvalue weighted by Gasteiger charge is -2.05. The maximum Gasteiger partial charge on any atom is 0.263 e. The highest BCUT2D eigenvalue weighted by Gasteiger charge is 2.10. The average Bonchev–Trinajstić information content (AvgIpc) is 2.83. The van der Waals surface area contributed by atoms with Crippen molar-refractivity contribution in [1.82, 2.24) is 5.32 Å². The van der Waals surface area contributed by atoms with Crippen LogP contribution in [-0.2, 0) is 13.2 Å². The van der Waals surface area contributed by atoms with Crippen LogP contribution in [-0.4, -0.2) is 11.0 Å². The molecule has 0 fully saturated rings. The van der Waals surface area contributed by atoms with Crippen LogP contribution in [0.25, 0.3) is 0 Å². The summed E-state index contributed by atoms with van der Waals surface area (Å²) in [5.74, 6) is -0.166. The summed E-state index contributed by atoms with van der Waals surface area (Å²) in [6.07, 6.45) is 0. The first kappa shape index (κ1) is 13.1. The summed E-state index contributed by atoms with van der Waals surface area (Å²) < 4.78 is 0. The van der Waals surface area contributed by atoms with Gasteiger partial charge in [0.2, 0.25) is 0 Å². The van der Waals surface area contributed by atoms with E-state index in [1.807, 2.05) is 24.3 Å². The van der Waals surface area contributed by atoms with Crippen molar-refractivity contribution in [3.63, 3.8) is 0 Å². The van der Waals surface area contributed by atoms with Crippen molar-refractivity contribution in [3.8, 4) is 0 Å². The summed E-state index contributed by atoms with van der Waals surface area (Å²) >= 11 is 7.20. The van der Waals surface area contributed by atoms with Crippen LogP contribution >= 0.6 is 22.9 Å². The maximum atomic E-state index is 11.8. The Kier molecular flexibility index (Phi) is 4.36. The zero-order valence-electron chi connectivity index (χ0n) is 9.52. The highest BCUT2D eigenvalue weighted by atomic mass is 35.5. The molecule has 2 aromatic rings. The van der Waals surface area contributed by atoms with Gasteiger partial charge < -0.3 is 10.4 Å². The minimum absolute atomic E-state index is 0.0252.